The maximum Gasteiger partial charge on any atom is 0.333 e. The Labute approximate surface area is 224 Å². The van der Waals surface area contributed by atoms with E-state index in [0.717, 1.165) is 11.1 Å². The summed E-state index contributed by atoms with van der Waals surface area (Å²) in [6.45, 7) is 19.6. The zero-order valence-electron chi connectivity index (χ0n) is 25.0. The molecule has 0 saturated carbocycles. The molecule has 7 heteroatoms. The molecule has 0 fully saturated rings. The minimum absolute atomic E-state index is 0.0418. The molecule has 2 amide bonds. The maximum absolute atomic E-state index is 13.9. The standard InChI is InChI=1S/C30H49N3O4/c1-13-37-28(36)21(5)18-23(19(2)3)33(12)27(35)25(29(6,7)8)32-26(34)24(31-11)30(9,10)22-16-14-20(4)15-17-22/h14-19,23-25,31H,13H2,1-12H3,(H,32,34)/t23-,24-,25?/m1/s1. The summed E-state index contributed by atoms with van der Waals surface area (Å²) in [7, 11) is 3.48. The van der Waals surface area contributed by atoms with E-state index in [1.807, 2.05) is 79.7 Å². The molecule has 1 unspecified atom stereocenters. The van der Waals surface area contributed by atoms with Crippen LogP contribution in [0.5, 0.6) is 0 Å². The van der Waals surface area contributed by atoms with E-state index in [2.05, 4.69) is 10.6 Å². The summed E-state index contributed by atoms with van der Waals surface area (Å²) in [5, 5.41) is 6.23. The Morgan fingerprint density at radius 2 is 1.57 bits per heavy atom. The van der Waals surface area contributed by atoms with Gasteiger partial charge in [-0.15, -0.1) is 0 Å². The number of hydrogen-bond donors (Lipinski definition) is 2. The smallest absolute Gasteiger partial charge is 0.333 e. The number of ether oxygens (including phenoxy) is 1. The zero-order chi connectivity index (χ0) is 28.7. The van der Waals surface area contributed by atoms with Crippen molar-refractivity contribution >= 4 is 17.8 Å². The Hall–Kier alpha value is -2.67. The predicted octanol–water partition coefficient (Wildman–Crippen LogP) is 4.38. The second kappa shape index (κ2) is 13.2. The molecule has 37 heavy (non-hydrogen) atoms. The van der Waals surface area contributed by atoms with Crippen LogP contribution in [-0.2, 0) is 24.5 Å². The molecule has 0 radical (unpaired) electrons. The fraction of sp³-hybridized carbons (Fsp3) is 0.633. The number of likely N-dealkylation sites (N-methyl/N-ethyl adjacent to an activating group) is 2. The summed E-state index contributed by atoms with van der Waals surface area (Å²) in [6.07, 6.45) is 1.78. The van der Waals surface area contributed by atoms with Crippen molar-refractivity contribution in [3.63, 3.8) is 0 Å². The van der Waals surface area contributed by atoms with Gasteiger partial charge in [0.2, 0.25) is 11.8 Å². The van der Waals surface area contributed by atoms with Gasteiger partial charge in [0, 0.05) is 18.0 Å². The molecule has 0 saturated heterocycles. The Balaban J connectivity index is 3.30. The van der Waals surface area contributed by atoms with Crippen LogP contribution >= 0.6 is 0 Å². The monoisotopic (exact) mass is 515 g/mol. The SMILES string of the molecule is CCOC(=O)C(C)=C[C@H](C(C)C)N(C)C(=O)C(NC(=O)[C@@H](NC)C(C)(C)c1ccc(C)cc1)C(C)(C)C. The van der Waals surface area contributed by atoms with Crippen molar-refractivity contribution in [3.05, 3.63) is 47.0 Å². The molecule has 1 aromatic rings. The number of benzene rings is 1. The van der Waals surface area contributed by atoms with E-state index in [0.29, 0.717) is 5.57 Å². The Kier molecular flexibility index (Phi) is 11.6. The molecule has 0 spiro atoms. The number of nitrogens with zero attached hydrogens (tertiary/aromatic N) is 1. The highest BCUT2D eigenvalue weighted by Crippen LogP contribution is 2.29. The van der Waals surface area contributed by atoms with Crippen LogP contribution in [0, 0.1) is 18.3 Å². The van der Waals surface area contributed by atoms with Crippen molar-refractivity contribution in [2.75, 3.05) is 20.7 Å². The lowest BCUT2D eigenvalue weighted by Gasteiger charge is -2.40. The van der Waals surface area contributed by atoms with Gasteiger partial charge < -0.3 is 20.3 Å². The first-order valence-electron chi connectivity index (χ1n) is 13.2. The molecule has 0 aromatic heterocycles. The largest absolute Gasteiger partial charge is 0.463 e. The van der Waals surface area contributed by atoms with Gasteiger partial charge in [0.15, 0.2) is 0 Å². The average molecular weight is 516 g/mol. The van der Waals surface area contributed by atoms with E-state index >= 15 is 0 Å². The van der Waals surface area contributed by atoms with E-state index in [-0.39, 0.29) is 30.4 Å². The van der Waals surface area contributed by atoms with Gasteiger partial charge in [-0.2, -0.15) is 0 Å². The van der Waals surface area contributed by atoms with Crippen LogP contribution in [-0.4, -0.2) is 61.5 Å². The first-order chi connectivity index (χ1) is 17.0. The molecule has 0 heterocycles. The predicted molar refractivity (Wildman–Crippen MR) is 150 cm³/mol. The number of carbonyl (C=O) groups excluding carboxylic acids is 3. The highest BCUT2D eigenvalue weighted by molar-refractivity contribution is 5.92. The highest BCUT2D eigenvalue weighted by Gasteiger charge is 2.41. The third-order valence-corrected chi connectivity index (χ3v) is 6.96. The third kappa shape index (κ3) is 8.42. The second-order valence-corrected chi connectivity index (χ2v) is 11.9. The molecule has 1 aromatic carbocycles. The molecular formula is C30H49N3O4. The van der Waals surface area contributed by atoms with Gasteiger partial charge in [-0.1, -0.05) is 84.4 Å². The Bertz CT molecular complexity index is 958. The van der Waals surface area contributed by atoms with Gasteiger partial charge in [-0.25, -0.2) is 4.79 Å². The minimum atomic E-state index is -0.771. The first-order valence-corrected chi connectivity index (χ1v) is 13.2. The number of rotatable bonds is 11. The van der Waals surface area contributed by atoms with Crippen LogP contribution in [0.15, 0.2) is 35.9 Å². The normalized spacial score (nSPS) is 15.1. The second-order valence-electron chi connectivity index (χ2n) is 11.9. The van der Waals surface area contributed by atoms with E-state index in [9.17, 15) is 14.4 Å². The van der Waals surface area contributed by atoms with Crippen molar-refractivity contribution in [1.82, 2.24) is 15.5 Å². The lowest BCUT2D eigenvalue weighted by Crippen LogP contribution is -2.61. The molecule has 0 aliphatic rings. The number of aryl methyl sites for hydroxylation is 1. The van der Waals surface area contributed by atoms with Crippen molar-refractivity contribution in [1.29, 1.82) is 0 Å². The first kappa shape index (κ1) is 32.4. The van der Waals surface area contributed by atoms with Gasteiger partial charge in [0.25, 0.3) is 0 Å². The van der Waals surface area contributed by atoms with E-state index < -0.39 is 28.9 Å². The quantitative estimate of drug-likeness (QED) is 0.337. The Morgan fingerprint density at radius 1 is 1.03 bits per heavy atom. The molecule has 0 aliphatic carbocycles. The number of hydrogen-bond acceptors (Lipinski definition) is 5. The van der Waals surface area contributed by atoms with Gasteiger partial charge in [0.1, 0.15) is 6.04 Å². The minimum Gasteiger partial charge on any atom is -0.463 e. The molecule has 7 nitrogen and oxygen atoms in total. The molecule has 208 valence electrons. The molecule has 3 atom stereocenters. The van der Waals surface area contributed by atoms with Crippen molar-refractivity contribution in [2.24, 2.45) is 11.3 Å². The van der Waals surface area contributed by atoms with E-state index in [4.69, 9.17) is 4.74 Å². The van der Waals surface area contributed by atoms with Gasteiger partial charge in [0.05, 0.1) is 18.7 Å². The third-order valence-electron chi connectivity index (χ3n) is 6.96. The summed E-state index contributed by atoms with van der Waals surface area (Å²) >= 11 is 0. The molecule has 2 N–H and O–H groups in total. The lowest BCUT2D eigenvalue weighted by molar-refractivity contribution is -0.141. The van der Waals surface area contributed by atoms with Crippen molar-refractivity contribution in [3.8, 4) is 0 Å². The van der Waals surface area contributed by atoms with Crippen molar-refractivity contribution in [2.45, 2.75) is 92.8 Å². The average Bonchev–Trinajstić information content (AvgIpc) is 2.79. The topological polar surface area (TPSA) is 87.7 Å². The molecule has 0 aliphatic heterocycles. The van der Waals surface area contributed by atoms with E-state index in [1.165, 1.54) is 0 Å². The summed E-state index contributed by atoms with van der Waals surface area (Å²) in [5.74, 6) is -0.811. The molecule has 0 bridgehead atoms. The van der Waals surface area contributed by atoms with E-state index in [1.54, 1.807) is 38.9 Å². The van der Waals surface area contributed by atoms with Crippen LogP contribution < -0.4 is 10.6 Å². The number of nitrogens with one attached hydrogen (secondary N) is 2. The fourth-order valence-corrected chi connectivity index (χ4v) is 4.51. The van der Waals surface area contributed by atoms with Gasteiger partial charge >= 0.3 is 5.97 Å². The summed E-state index contributed by atoms with van der Waals surface area (Å²) < 4.78 is 5.12. The van der Waals surface area contributed by atoms with Gasteiger partial charge in [-0.3, -0.25) is 9.59 Å². The van der Waals surface area contributed by atoms with Gasteiger partial charge in [-0.05, 0) is 44.7 Å². The number of esters is 1. The zero-order valence-corrected chi connectivity index (χ0v) is 25.0. The van der Waals surface area contributed by atoms with Crippen LogP contribution in [0.2, 0.25) is 0 Å². The fourth-order valence-electron chi connectivity index (χ4n) is 4.51. The highest BCUT2D eigenvalue weighted by atomic mass is 16.5. The maximum atomic E-state index is 13.9. The molecule has 1 rings (SSSR count). The summed E-state index contributed by atoms with van der Waals surface area (Å²) in [4.78, 5) is 41.4. The summed E-state index contributed by atoms with van der Waals surface area (Å²) in [5.41, 5.74) is 1.56. The molecular weight excluding hydrogens is 466 g/mol. The van der Waals surface area contributed by atoms with Crippen LogP contribution in [0.1, 0.15) is 73.4 Å². The summed E-state index contributed by atoms with van der Waals surface area (Å²) in [6, 6.07) is 6.48. The van der Waals surface area contributed by atoms with Crippen LogP contribution in [0.3, 0.4) is 0 Å². The lowest BCUT2D eigenvalue weighted by atomic mass is 9.76. The van der Waals surface area contributed by atoms with Crippen LogP contribution in [0.25, 0.3) is 0 Å². The Morgan fingerprint density at radius 3 is 2.00 bits per heavy atom. The number of amides is 2. The van der Waals surface area contributed by atoms with Crippen LogP contribution in [0.4, 0.5) is 0 Å². The number of carbonyl (C=O) groups is 3. The van der Waals surface area contributed by atoms with Crippen molar-refractivity contribution < 1.29 is 19.1 Å².